The predicted octanol–water partition coefficient (Wildman–Crippen LogP) is 2.53. The standard InChI is InChI=1S/C17H18Cl2N2O2/c1-21(9-10-23-14-5-3-2-4-6-14)12-17(22)20-16-11-13(18)7-8-15(16)19/h2-8,11H,9-10,12H2,1H3,(H,20,22)/p+1. The van der Waals surface area contributed by atoms with Gasteiger partial charge in [0.1, 0.15) is 18.9 Å². The molecule has 6 heteroatoms. The van der Waals surface area contributed by atoms with Crippen molar-refractivity contribution in [3.63, 3.8) is 0 Å². The summed E-state index contributed by atoms with van der Waals surface area (Å²) in [4.78, 5) is 13.1. The molecule has 122 valence electrons. The smallest absolute Gasteiger partial charge is 0.279 e. The number of carbonyl (C=O) groups excluding carboxylic acids is 1. The minimum atomic E-state index is -0.119. The van der Waals surface area contributed by atoms with E-state index in [9.17, 15) is 4.79 Å². The van der Waals surface area contributed by atoms with Crippen molar-refractivity contribution in [2.24, 2.45) is 0 Å². The minimum absolute atomic E-state index is 0.119. The van der Waals surface area contributed by atoms with Crippen molar-refractivity contribution in [2.45, 2.75) is 0 Å². The van der Waals surface area contributed by atoms with E-state index in [2.05, 4.69) is 5.32 Å². The highest BCUT2D eigenvalue weighted by Crippen LogP contribution is 2.25. The Bertz CT molecular complexity index is 650. The number of benzene rings is 2. The van der Waals surface area contributed by atoms with Gasteiger partial charge in [0.25, 0.3) is 5.91 Å². The molecule has 0 aromatic heterocycles. The molecule has 2 rings (SSSR count). The van der Waals surface area contributed by atoms with E-state index in [1.165, 1.54) is 0 Å². The van der Waals surface area contributed by atoms with Crippen LogP contribution in [0.15, 0.2) is 48.5 Å². The van der Waals surface area contributed by atoms with Crippen LogP contribution in [0.25, 0.3) is 0 Å². The summed E-state index contributed by atoms with van der Waals surface area (Å²) in [5.74, 6) is 0.710. The normalized spacial score (nSPS) is 11.8. The lowest BCUT2D eigenvalue weighted by atomic mass is 10.3. The Labute approximate surface area is 146 Å². The van der Waals surface area contributed by atoms with Gasteiger partial charge in [0.2, 0.25) is 0 Å². The van der Waals surface area contributed by atoms with E-state index in [4.69, 9.17) is 27.9 Å². The number of halogens is 2. The van der Waals surface area contributed by atoms with E-state index >= 15 is 0 Å². The summed E-state index contributed by atoms with van der Waals surface area (Å²) in [5.41, 5.74) is 0.525. The molecule has 2 N–H and O–H groups in total. The fourth-order valence-corrected chi connectivity index (χ4v) is 2.35. The van der Waals surface area contributed by atoms with E-state index in [1.807, 2.05) is 37.4 Å². The maximum atomic E-state index is 12.0. The molecule has 0 aliphatic carbocycles. The number of para-hydroxylation sites is 1. The quantitative estimate of drug-likeness (QED) is 0.803. The van der Waals surface area contributed by atoms with Crippen LogP contribution in [0.5, 0.6) is 5.75 Å². The molecular formula is C17H19Cl2N2O2+. The average Bonchev–Trinajstić information content (AvgIpc) is 2.52. The molecule has 0 radical (unpaired) electrons. The van der Waals surface area contributed by atoms with Crippen LogP contribution < -0.4 is 15.0 Å². The summed E-state index contributed by atoms with van der Waals surface area (Å²) < 4.78 is 5.62. The zero-order chi connectivity index (χ0) is 16.7. The van der Waals surface area contributed by atoms with Gasteiger partial charge in [0.05, 0.1) is 17.8 Å². The van der Waals surface area contributed by atoms with Crippen molar-refractivity contribution < 1.29 is 14.4 Å². The Kier molecular flexibility index (Phi) is 6.71. The van der Waals surface area contributed by atoms with Gasteiger partial charge >= 0.3 is 0 Å². The van der Waals surface area contributed by atoms with E-state index in [0.29, 0.717) is 35.4 Å². The highest BCUT2D eigenvalue weighted by molar-refractivity contribution is 6.35. The fourth-order valence-electron chi connectivity index (χ4n) is 2.01. The van der Waals surface area contributed by atoms with E-state index in [1.54, 1.807) is 18.2 Å². The van der Waals surface area contributed by atoms with Crippen molar-refractivity contribution in [3.05, 3.63) is 58.6 Å². The second kappa shape index (κ2) is 8.77. The zero-order valence-corrected chi connectivity index (χ0v) is 14.3. The van der Waals surface area contributed by atoms with E-state index < -0.39 is 0 Å². The van der Waals surface area contributed by atoms with Crippen LogP contribution in [-0.4, -0.2) is 32.7 Å². The molecule has 0 saturated carbocycles. The van der Waals surface area contributed by atoms with Gasteiger partial charge in [-0.1, -0.05) is 41.4 Å². The van der Waals surface area contributed by atoms with Crippen molar-refractivity contribution in [2.75, 3.05) is 32.1 Å². The lowest BCUT2D eigenvalue weighted by Gasteiger charge is -2.15. The van der Waals surface area contributed by atoms with Crippen molar-refractivity contribution in [1.82, 2.24) is 0 Å². The number of likely N-dealkylation sites (N-methyl/N-ethyl adjacent to an activating group) is 1. The van der Waals surface area contributed by atoms with Crippen LogP contribution >= 0.6 is 23.2 Å². The molecule has 0 aliphatic heterocycles. The SMILES string of the molecule is C[NH+](CCOc1ccccc1)CC(=O)Nc1cc(Cl)ccc1Cl. The van der Waals surface area contributed by atoms with Crippen LogP contribution in [0.2, 0.25) is 10.0 Å². The molecular weight excluding hydrogens is 335 g/mol. The van der Waals surface area contributed by atoms with Gasteiger partial charge in [-0.15, -0.1) is 0 Å². The number of hydrogen-bond acceptors (Lipinski definition) is 2. The molecule has 1 atom stereocenters. The summed E-state index contributed by atoms with van der Waals surface area (Å²) in [7, 11) is 1.94. The molecule has 23 heavy (non-hydrogen) atoms. The molecule has 2 aromatic carbocycles. The van der Waals surface area contributed by atoms with Crippen LogP contribution in [0.3, 0.4) is 0 Å². The van der Waals surface area contributed by atoms with Gasteiger partial charge in [0, 0.05) is 5.02 Å². The average molecular weight is 354 g/mol. The first-order valence-corrected chi connectivity index (χ1v) is 8.04. The van der Waals surface area contributed by atoms with Gasteiger partial charge in [0.15, 0.2) is 6.54 Å². The number of hydrogen-bond donors (Lipinski definition) is 2. The molecule has 0 fully saturated rings. The van der Waals surface area contributed by atoms with Gasteiger partial charge in [-0.2, -0.15) is 0 Å². The highest BCUT2D eigenvalue weighted by atomic mass is 35.5. The molecule has 0 bridgehead atoms. The zero-order valence-electron chi connectivity index (χ0n) is 12.8. The number of rotatable bonds is 7. The van der Waals surface area contributed by atoms with Gasteiger partial charge < -0.3 is 15.0 Å². The number of anilines is 1. The van der Waals surface area contributed by atoms with Crippen molar-refractivity contribution in [3.8, 4) is 5.75 Å². The summed E-state index contributed by atoms with van der Waals surface area (Å²) in [6, 6.07) is 14.6. The Morgan fingerprint density at radius 3 is 2.65 bits per heavy atom. The number of carbonyl (C=O) groups is 1. The number of ether oxygens (including phenoxy) is 1. The van der Waals surface area contributed by atoms with Crippen molar-refractivity contribution >= 4 is 34.8 Å². The molecule has 1 amide bonds. The third-order valence-corrected chi connectivity index (χ3v) is 3.77. The van der Waals surface area contributed by atoms with E-state index in [0.717, 1.165) is 10.6 Å². The first-order chi connectivity index (χ1) is 11.0. The summed E-state index contributed by atoms with van der Waals surface area (Å²) in [5, 5.41) is 3.77. The molecule has 0 heterocycles. The third-order valence-electron chi connectivity index (χ3n) is 3.21. The van der Waals surface area contributed by atoms with Crippen LogP contribution in [0, 0.1) is 0 Å². The molecule has 2 aromatic rings. The Balaban J connectivity index is 1.75. The first-order valence-electron chi connectivity index (χ1n) is 7.28. The number of quaternary nitrogens is 1. The van der Waals surface area contributed by atoms with Gasteiger partial charge in [-0.25, -0.2) is 0 Å². The maximum absolute atomic E-state index is 12.0. The summed E-state index contributed by atoms with van der Waals surface area (Å²) in [6.07, 6.45) is 0. The lowest BCUT2D eigenvalue weighted by molar-refractivity contribution is -0.871. The number of amides is 1. The summed E-state index contributed by atoms with van der Waals surface area (Å²) >= 11 is 11.9. The fraction of sp³-hybridized carbons (Fsp3) is 0.235. The minimum Gasteiger partial charge on any atom is -0.488 e. The lowest BCUT2D eigenvalue weighted by Crippen LogP contribution is -3.10. The van der Waals surface area contributed by atoms with Crippen LogP contribution in [0.4, 0.5) is 5.69 Å². The molecule has 4 nitrogen and oxygen atoms in total. The van der Waals surface area contributed by atoms with Gasteiger partial charge in [-0.05, 0) is 30.3 Å². The predicted molar refractivity (Wildman–Crippen MR) is 93.6 cm³/mol. The monoisotopic (exact) mass is 353 g/mol. The van der Waals surface area contributed by atoms with E-state index in [-0.39, 0.29) is 5.91 Å². The number of nitrogens with one attached hydrogen (secondary N) is 2. The van der Waals surface area contributed by atoms with Crippen LogP contribution in [0.1, 0.15) is 0 Å². The molecule has 0 saturated heterocycles. The molecule has 0 aliphatic rings. The van der Waals surface area contributed by atoms with Crippen molar-refractivity contribution in [1.29, 1.82) is 0 Å². The maximum Gasteiger partial charge on any atom is 0.279 e. The second-order valence-corrected chi connectivity index (χ2v) is 6.06. The topological polar surface area (TPSA) is 42.8 Å². The Hall–Kier alpha value is -1.75. The Morgan fingerprint density at radius 2 is 1.91 bits per heavy atom. The highest BCUT2D eigenvalue weighted by Gasteiger charge is 2.12. The third kappa shape index (κ3) is 6.10. The molecule has 1 unspecified atom stereocenters. The summed E-state index contributed by atoms with van der Waals surface area (Å²) in [6.45, 7) is 1.58. The van der Waals surface area contributed by atoms with Crippen LogP contribution in [-0.2, 0) is 4.79 Å². The van der Waals surface area contributed by atoms with Gasteiger partial charge in [-0.3, -0.25) is 4.79 Å². The largest absolute Gasteiger partial charge is 0.488 e. The Morgan fingerprint density at radius 1 is 1.17 bits per heavy atom. The molecule has 0 spiro atoms. The second-order valence-electron chi connectivity index (χ2n) is 5.22. The first kappa shape index (κ1) is 17.6.